The van der Waals surface area contributed by atoms with Crippen LogP contribution in [0.15, 0.2) is 46.0 Å². The van der Waals surface area contributed by atoms with Gasteiger partial charge < -0.3 is 20.1 Å². The molecule has 3 heterocycles. The third-order valence-electron chi connectivity index (χ3n) is 6.92. The number of aliphatic hydroxyl groups is 1. The summed E-state index contributed by atoms with van der Waals surface area (Å²) >= 11 is 1.18. The lowest BCUT2D eigenvalue weighted by atomic mass is 9.94. The van der Waals surface area contributed by atoms with Crippen molar-refractivity contribution in [3.8, 4) is 0 Å². The Kier molecular flexibility index (Phi) is 8.04. The second-order valence-electron chi connectivity index (χ2n) is 9.74. The first-order valence-corrected chi connectivity index (χ1v) is 14.2. The fourth-order valence-electron chi connectivity index (χ4n) is 4.53. The van der Waals surface area contributed by atoms with E-state index in [2.05, 4.69) is 17.1 Å². The summed E-state index contributed by atoms with van der Waals surface area (Å²) in [5.74, 6) is 0.229. The van der Waals surface area contributed by atoms with Gasteiger partial charge >= 0.3 is 6.18 Å². The van der Waals surface area contributed by atoms with Crippen LogP contribution in [0.1, 0.15) is 25.8 Å². The molecular formula is C24H32F3N3O4S2. The van der Waals surface area contributed by atoms with Crippen molar-refractivity contribution in [1.82, 2.24) is 9.62 Å². The highest BCUT2D eigenvalue weighted by Crippen LogP contribution is 2.39. The van der Waals surface area contributed by atoms with Crippen LogP contribution in [0.2, 0.25) is 0 Å². The molecule has 2 N–H and O–H groups in total. The molecule has 12 heteroatoms. The summed E-state index contributed by atoms with van der Waals surface area (Å²) in [6, 6.07) is 9.19. The number of anilines is 1. The normalized spacial score (nSPS) is 22.7. The fraction of sp³-hybridized carbons (Fsp3) is 0.583. The van der Waals surface area contributed by atoms with Crippen LogP contribution < -0.4 is 10.2 Å². The quantitative estimate of drug-likeness (QED) is 0.501. The zero-order valence-electron chi connectivity index (χ0n) is 20.2. The lowest BCUT2D eigenvalue weighted by Crippen LogP contribution is -2.55. The van der Waals surface area contributed by atoms with E-state index >= 15 is 0 Å². The highest BCUT2D eigenvalue weighted by molar-refractivity contribution is 7.91. The number of piperazine rings is 1. The minimum absolute atomic E-state index is 0.170. The number of nitrogens with one attached hydrogen (secondary N) is 1. The molecule has 1 aromatic carbocycles. The zero-order valence-corrected chi connectivity index (χ0v) is 21.9. The molecule has 2 fully saturated rings. The van der Waals surface area contributed by atoms with Crippen LogP contribution in [-0.4, -0.2) is 75.5 Å². The maximum Gasteiger partial charge on any atom is 0.421 e. The van der Waals surface area contributed by atoms with Gasteiger partial charge in [-0.05, 0) is 54.9 Å². The van der Waals surface area contributed by atoms with Crippen LogP contribution >= 0.6 is 11.3 Å². The summed E-state index contributed by atoms with van der Waals surface area (Å²) in [4.78, 5) is 2.06. The molecule has 3 unspecified atom stereocenters. The Labute approximate surface area is 213 Å². The molecule has 0 amide bonds. The Balaban J connectivity index is 1.53. The monoisotopic (exact) mass is 547 g/mol. The molecule has 7 nitrogen and oxygen atoms in total. The minimum atomic E-state index is -4.80. The van der Waals surface area contributed by atoms with Gasteiger partial charge in [-0.15, -0.1) is 11.3 Å². The van der Waals surface area contributed by atoms with Crippen LogP contribution in [0.3, 0.4) is 0 Å². The third-order valence-corrected chi connectivity index (χ3v) is 10.2. The molecule has 2 aliphatic rings. The van der Waals surface area contributed by atoms with Crippen molar-refractivity contribution in [1.29, 1.82) is 0 Å². The molecule has 36 heavy (non-hydrogen) atoms. The minimum Gasteiger partial charge on any atom is -0.378 e. The van der Waals surface area contributed by atoms with E-state index in [1.165, 1.54) is 27.8 Å². The average molecular weight is 548 g/mol. The maximum atomic E-state index is 13.3. The van der Waals surface area contributed by atoms with E-state index in [0.717, 1.165) is 13.5 Å². The van der Waals surface area contributed by atoms with E-state index in [1.807, 2.05) is 0 Å². The number of sulfonamides is 1. The molecule has 0 aliphatic carbocycles. The highest BCUT2D eigenvalue weighted by atomic mass is 32.2. The Morgan fingerprint density at radius 2 is 1.89 bits per heavy atom. The van der Waals surface area contributed by atoms with Gasteiger partial charge in [-0.25, -0.2) is 8.42 Å². The number of halogens is 3. The lowest BCUT2D eigenvalue weighted by molar-refractivity contribution is -0.258. The van der Waals surface area contributed by atoms with Crippen LogP contribution in [0, 0.1) is 5.92 Å². The maximum absolute atomic E-state index is 13.3. The summed E-state index contributed by atoms with van der Waals surface area (Å²) < 4.78 is 73.2. The van der Waals surface area contributed by atoms with E-state index in [1.54, 1.807) is 29.6 Å². The number of thiophene rings is 1. The van der Waals surface area contributed by atoms with Crippen LogP contribution in [0.25, 0.3) is 0 Å². The van der Waals surface area contributed by atoms with E-state index in [-0.39, 0.29) is 30.6 Å². The molecule has 2 aliphatic heterocycles. The number of hydrogen-bond acceptors (Lipinski definition) is 7. The predicted molar refractivity (Wildman–Crippen MR) is 133 cm³/mol. The van der Waals surface area contributed by atoms with E-state index in [9.17, 15) is 26.7 Å². The summed E-state index contributed by atoms with van der Waals surface area (Å²) in [5.41, 5.74) is -2.50. The van der Waals surface area contributed by atoms with Gasteiger partial charge in [0.1, 0.15) is 4.21 Å². The number of hydrogen-bond donors (Lipinski definition) is 2. The Bertz CT molecular complexity index is 1100. The van der Waals surface area contributed by atoms with Gasteiger partial charge in [0.25, 0.3) is 10.0 Å². The molecule has 200 valence electrons. The molecule has 3 atom stereocenters. The first-order valence-electron chi connectivity index (χ1n) is 11.9. The van der Waals surface area contributed by atoms with Crippen molar-refractivity contribution >= 4 is 27.0 Å². The second-order valence-corrected chi connectivity index (χ2v) is 12.9. The van der Waals surface area contributed by atoms with Crippen LogP contribution in [-0.2, 0) is 20.4 Å². The zero-order chi connectivity index (χ0) is 26.1. The molecule has 0 saturated carbocycles. The van der Waals surface area contributed by atoms with Gasteiger partial charge in [-0.3, -0.25) is 0 Å². The van der Waals surface area contributed by atoms with E-state index in [0.29, 0.717) is 42.1 Å². The standard InChI is InChI=1S/C24H32F3N3O4S2/c1-17(13-28-19-15-34-16-19)12-21-14-29(36(32,33)22-4-3-11-35-22)9-10-30(21)20-7-5-18(6-8-20)23(2,31)24(25,26)27/h3-8,11,17,19,21,28,31H,9-10,12-16H2,1-2H3. The van der Waals surface area contributed by atoms with E-state index < -0.39 is 21.8 Å². The smallest absolute Gasteiger partial charge is 0.378 e. The third kappa shape index (κ3) is 5.73. The van der Waals surface area contributed by atoms with Gasteiger partial charge in [0.2, 0.25) is 0 Å². The molecule has 1 aromatic heterocycles. The predicted octanol–water partition coefficient (Wildman–Crippen LogP) is 3.41. The molecule has 0 spiro atoms. The number of nitrogens with zero attached hydrogens (tertiary/aromatic N) is 2. The van der Waals surface area contributed by atoms with Crippen molar-refractivity contribution in [2.24, 2.45) is 5.92 Å². The average Bonchev–Trinajstić information content (AvgIpc) is 3.33. The van der Waals surface area contributed by atoms with Crippen molar-refractivity contribution in [3.05, 3.63) is 47.3 Å². The fourth-order valence-corrected chi connectivity index (χ4v) is 7.15. The summed E-state index contributed by atoms with van der Waals surface area (Å²) in [6.45, 7) is 5.91. The van der Waals surface area contributed by atoms with Gasteiger partial charge in [-0.2, -0.15) is 17.5 Å². The molecule has 0 radical (unpaired) electrons. The van der Waals surface area contributed by atoms with Crippen molar-refractivity contribution in [3.63, 3.8) is 0 Å². The number of benzene rings is 1. The molecule has 2 saturated heterocycles. The first kappa shape index (κ1) is 27.3. The van der Waals surface area contributed by atoms with Crippen LogP contribution in [0.5, 0.6) is 0 Å². The molecule has 0 bridgehead atoms. The topological polar surface area (TPSA) is 82.1 Å². The Morgan fingerprint density at radius 1 is 1.19 bits per heavy atom. The Hall–Kier alpha value is -1.70. The van der Waals surface area contributed by atoms with Crippen molar-refractivity contribution in [2.75, 3.05) is 44.3 Å². The summed E-state index contributed by atoms with van der Waals surface area (Å²) in [5, 5.41) is 15.2. The van der Waals surface area contributed by atoms with Crippen molar-refractivity contribution < 1.29 is 31.4 Å². The van der Waals surface area contributed by atoms with Gasteiger partial charge in [-0.1, -0.05) is 25.1 Å². The lowest BCUT2D eigenvalue weighted by Gasteiger charge is -2.43. The highest BCUT2D eigenvalue weighted by Gasteiger charge is 2.51. The SMILES string of the molecule is CC(CNC1COC1)CC1CN(S(=O)(=O)c2cccs2)CCN1c1ccc(C(C)(O)C(F)(F)F)cc1. The van der Waals surface area contributed by atoms with Crippen molar-refractivity contribution in [2.45, 2.75) is 48.3 Å². The molecular weight excluding hydrogens is 515 g/mol. The number of ether oxygens (including phenoxy) is 1. The van der Waals surface area contributed by atoms with Gasteiger partial charge in [0.05, 0.1) is 19.3 Å². The van der Waals surface area contributed by atoms with Gasteiger partial charge in [0, 0.05) is 31.4 Å². The van der Waals surface area contributed by atoms with E-state index in [4.69, 9.17) is 4.74 Å². The first-order chi connectivity index (χ1) is 16.9. The molecule has 4 rings (SSSR count). The second kappa shape index (κ2) is 10.6. The molecule has 2 aromatic rings. The van der Waals surface area contributed by atoms with Crippen LogP contribution in [0.4, 0.5) is 18.9 Å². The summed E-state index contributed by atoms with van der Waals surface area (Å²) in [7, 11) is -3.62. The number of rotatable bonds is 9. The summed E-state index contributed by atoms with van der Waals surface area (Å²) in [6.07, 6.45) is -4.11. The largest absolute Gasteiger partial charge is 0.421 e. The Morgan fingerprint density at radius 3 is 2.44 bits per heavy atom. The number of alkyl halides is 3. The van der Waals surface area contributed by atoms with Gasteiger partial charge in [0.15, 0.2) is 5.60 Å².